The Morgan fingerprint density at radius 1 is 1.64 bits per heavy atom. The van der Waals surface area contributed by atoms with Crippen LogP contribution in [0.25, 0.3) is 0 Å². The van der Waals surface area contributed by atoms with E-state index in [1.807, 2.05) is 6.20 Å². The molecule has 1 aromatic heterocycles. The lowest BCUT2D eigenvalue weighted by atomic mass is 10.4. The van der Waals surface area contributed by atoms with Gasteiger partial charge < -0.3 is 5.32 Å². The lowest BCUT2D eigenvalue weighted by Crippen LogP contribution is -2.08. The van der Waals surface area contributed by atoms with Crippen LogP contribution in [0.2, 0.25) is 0 Å². The van der Waals surface area contributed by atoms with Gasteiger partial charge in [0, 0.05) is 17.1 Å². The van der Waals surface area contributed by atoms with Crippen molar-refractivity contribution in [1.29, 1.82) is 0 Å². The highest BCUT2D eigenvalue weighted by atomic mass is 32.1. The zero-order chi connectivity index (χ0) is 8.27. The number of anilines is 1. The minimum atomic E-state index is 0.478. The Balaban J connectivity index is 2.58. The van der Waals surface area contributed by atoms with Crippen LogP contribution in [0.15, 0.2) is 6.20 Å². The Bertz CT molecular complexity index is 218. The Kier molecular flexibility index (Phi) is 2.88. The number of aryl methyl sites for hydroxylation is 1. The van der Waals surface area contributed by atoms with E-state index < -0.39 is 0 Å². The molecular weight excluding hydrogens is 156 g/mol. The van der Waals surface area contributed by atoms with Crippen LogP contribution in [0.5, 0.6) is 0 Å². The Morgan fingerprint density at radius 3 is 2.82 bits per heavy atom. The molecule has 0 atom stereocenters. The number of hydrogen-bond donors (Lipinski definition) is 1. The van der Waals surface area contributed by atoms with E-state index in [1.165, 1.54) is 4.88 Å². The van der Waals surface area contributed by atoms with E-state index in [2.05, 4.69) is 31.1 Å². The molecular formula is C8H14N2S. The molecule has 0 radical (unpaired) electrons. The fraction of sp³-hybridized carbons (Fsp3) is 0.625. The molecule has 3 heteroatoms. The van der Waals surface area contributed by atoms with Crippen molar-refractivity contribution >= 4 is 16.5 Å². The molecule has 0 bridgehead atoms. The molecule has 1 aromatic rings. The third-order valence-corrected chi connectivity index (χ3v) is 2.39. The molecule has 0 fully saturated rings. The third kappa shape index (κ3) is 2.50. The molecule has 62 valence electrons. The maximum Gasteiger partial charge on any atom is 0.183 e. The van der Waals surface area contributed by atoms with Crippen molar-refractivity contribution in [1.82, 2.24) is 4.98 Å². The van der Waals surface area contributed by atoms with Crippen molar-refractivity contribution in [2.45, 2.75) is 33.2 Å². The van der Waals surface area contributed by atoms with E-state index in [4.69, 9.17) is 0 Å². The fourth-order valence-corrected chi connectivity index (χ4v) is 1.68. The van der Waals surface area contributed by atoms with Gasteiger partial charge in [-0.3, -0.25) is 0 Å². The highest BCUT2D eigenvalue weighted by molar-refractivity contribution is 7.15. The predicted octanol–water partition coefficient (Wildman–Crippen LogP) is 2.53. The summed E-state index contributed by atoms with van der Waals surface area (Å²) in [5.41, 5.74) is 0. The van der Waals surface area contributed by atoms with Crippen molar-refractivity contribution in [3.63, 3.8) is 0 Å². The summed E-state index contributed by atoms with van der Waals surface area (Å²) in [7, 11) is 0. The second-order valence-electron chi connectivity index (χ2n) is 2.78. The summed E-state index contributed by atoms with van der Waals surface area (Å²) in [6, 6.07) is 0.478. The van der Waals surface area contributed by atoms with Gasteiger partial charge in [-0.25, -0.2) is 4.98 Å². The molecule has 0 unspecified atom stereocenters. The highest BCUT2D eigenvalue weighted by Gasteiger charge is 1.99. The Morgan fingerprint density at radius 2 is 2.36 bits per heavy atom. The first-order chi connectivity index (χ1) is 5.22. The Labute approximate surface area is 71.7 Å². The molecule has 1 N–H and O–H groups in total. The largest absolute Gasteiger partial charge is 0.359 e. The molecule has 1 heterocycles. The first-order valence-electron chi connectivity index (χ1n) is 3.93. The summed E-state index contributed by atoms with van der Waals surface area (Å²) in [6.07, 6.45) is 3.02. The van der Waals surface area contributed by atoms with Crippen LogP contribution < -0.4 is 5.32 Å². The summed E-state index contributed by atoms with van der Waals surface area (Å²) in [4.78, 5) is 5.58. The van der Waals surface area contributed by atoms with Crippen molar-refractivity contribution < 1.29 is 0 Å². The topological polar surface area (TPSA) is 24.9 Å². The summed E-state index contributed by atoms with van der Waals surface area (Å²) in [6.45, 7) is 6.38. The SMILES string of the molecule is CCc1cnc(NC(C)C)s1. The van der Waals surface area contributed by atoms with E-state index in [9.17, 15) is 0 Å². The number of aromatic nitrogens is 1. The smallest absolute Gasteiger partial charge is 0.183 e. The summed E-state index contributed by atoms with van der Waals surface area (Å²) >= 11 is 1.74. The van der Waals surface area contributed by atoms with Crippen LogP contribution >= 0.6 is 11.3 Å². The summed E-state index contributed by atoms with van der Waals surface area (Å²) in [5, 5.41) is 4.31. The van der Waals surface area contributed by atoms with Gasteiger partial charge in [0.15, 0.2) is 5.13 Å². The number of rotatable bonds is 3. The second kappa shape index (κ2) is 3.72. The Hall–Kier alpha value is -0.570. The maximum absolute atomic E-state index is 4.23. The molecule has 0 aliphatic heterocycles. The quantitative estimate of drug-likeness (QED) is 0.754. The van der Waals surface area contributed by atoms with Crippen molar-refractivity contribution in [3.05, 3.63) is 11.1 Å². The second-order valence-corrected chi connectivity index (χ2v) is 3.90. The molecule has 0 saturated carbocycles. The van der Waals surface area contributed by atoms with Gasteiger partial charge in [-0.05, 0) is 20.3 Å². The van der Waals surface area contributed by atoms with Gasteiger partial charge in [0.2, 0.25) is 0 Å². The molecule has 0 aliphatic rings. The zero-order valence-electron chi connectivity index (χ0n) is 7.22. The maximum atomic E-state index is 4.23. The van der Waals surface area contributed by atoms with Crippen LogP contribution in [-0.4, -0.2) is 11.0 Å². The number of nitrogens with one attached hydrogen (secondary N) is 1. The van der Waals surface area contributed by atoms with E-state index in [-0.39, 0.29) is 0 Å². The molecule has 2 nitrogen and oxygen atoms in total. The summed E-state index contributed by atoms with van der Waals surface area (Å²) in [5.74, 6) is 0. The third-order valence-electron chi connectivity index (χ3n) is 1.31. The van der Waals surface area contributed by atoms with Gasteiger partial charge in [-0.2, -0.15) is 0 Å². The molecule has 0 spiro atoms. The van der Waals surface area contributed by atoms with Crippen molar-refractivity contribution in [2.24, 2.45) is 0 Å². The monoisotopic (exact) mass is 170 g/mol. The van der Waals surface area contributed by atoms with Crippen LogP contribution in [-0.2, 0) is 6.42 Å². The summed E-state index contributed by atoms with van der Waals surface area (Å²) < 4.78 is 0. The molecule has 0 aromatic carbocycles. The van der Waals surface area contributed by atoms with E-state index in [0.717, 1.165) is 11.6 Å². The molecule has 1 rings (SSSR count). The fourth-order valence-electron chi connectivity index (χ4n) is 0.785. The van der Waals surface area contributed by atoms with Crippen LogP contribution in [0.4, 0.5) is 5.13 Å². The van der Waals surface area contributed by atoms with E-state index in [0.29, 0.717) is 6.04 Å². The molecule has 0 amide bonds. The zero-order valence-corrected chi connectivity index (χ0v) is 8.03. The van der Waals surface area contributed by atoms with Gasteiger partial charge in [-0.15, -0.1) is 11.3 Å². The van der Waals surface area contributed by atoms with Crippen LogP contribution in [0, 0.1) is 0 Å². The minimum absolute atomic E-state index is 0.478. The first kappa shape index (κ1) is 8.53. The van der Waals surface area contributed by atoms with Crippen LogP contribution in [0.3, 0.4) is 0 Å². The molecule has 0 saturated heterocycles. The van der Waals surface area contributed by atoms with Crippen molar-refractivity contribution in [2.75, 3.05) is 5.32 Å². The van der Waals surface area contributed by atoms with Crippen LogP contribution in [0.1, 0.15) is 25.6 Å². The van der Waals surface area contributed by atoms with E-state index >= 15 is 0 Å². The van der Waals surface area contributed by atoms with Gasteiger partial charge >= 0.3 is 0 Å². The average Bonchev–Trinajstić information content (AvgIpc) is 2.34. The first-order valence-corrected chi connectivity index (χ1v) is 4.75. The van der Waals surface area contributed by atoms with Gasteiger partial charge in [0.25, 0.3) is 0 Å². The molecule has 0 aliphatic carbocycles. The normalized spacial score (nSPS) is 10.5. The number of hydrogen-bond acceptors (Lipinski definition) is 3. The van der Waals surface area contributed by atoms with Gasteiger partial charge in [0.1, 0.15) is 0 Å². The average molecular weight is 170 g/mol. The number of nitrogens with zero attached hydrogens (tertiary/aromatic N) is 1. The van der Waals surface area contributed by atoms with Crippen molar-refractivity contribution in [3.8, 4) is 0 Å². The lowest BCUT2D eigenvalue weighted by molar-refractivity contribution is 0.896. The van der Waals surface area contributed by atoms with Gasteiger partial charge in [-0.1, -0.05) is 6.92 Å². The van der Waals surface area contributed by atoms with Gasteiger partial charge in [0.05, 0.1) is 0 Å². The predicted molar refractivity (Wildman–Crippen MR) is 50.3 cm³/mol. The van der Waals surface area contributed by atoms with E-state index in [1.54, 1.807) is 11.3 Å². The minimum Gasteiger partial charge on any atom is -0.359 e. The standard InChI is InChI=1S/C8H14N2S/c1-4-7-5-9-8(11-7)10-6(2)3/h5-6H,4H2,1-3H3,(H,9,10). The lowest BCUT2D eigenvalue weighted by Gasteiger charge is -2.03. The highest BCUT2D eigenvalue weighted by Crippen LogP contribution is 2.18. The molecule has 11 heavy (non-hydrogen) atoms. The number of thiazole rings is 1.